The molecule has 2 aromatic rings. The fourth-order valence-electron chi connectivity index (χ4n) is 3.80. The third-order valence-corrected chi connectivity index (χ3v) is 5.74. The Labute approximate surface area is 180 Å². The summed E-state index contributed by atoms with van der Waals surface area (Å²) in [6, 6.07) is 1.48. The molecule has 1 aliphatic heterocycles. The average Bonchev–Trinajstić information content (AvgIpc) is 3.32. The van der Waals surface area contributed by atoms with Gasteiger partial charge >= 0.3 is 5.97 Å². The summed E-state index contributed by atoms with van der Waals surface area (Å²) in [5.41, 5.74) is 1.76. The Morgan fingerprint density at radius 3 is 2.73 bits per heavy atom. The van der Waals surface area contributed by atoms with Crippen LogP contribution in [0.2, 0.25) is 5.15 Å². The highest BCUT2D eigenvalue weighted by atomic mass is 35.5. The van der Waals surface area contributed by atoms with E-state index in [1.165, 1.54) is 0 Å². The third kappa shape index (κ3) is 4.62. The first-order valence-corrected chi connectivity index (χ1v) is 10.5. The van der Waals surface area contributed by atoms with E-state index in [9.17, 15) is 14.7 Å². The van der Waals surface area contributed by atoms with Crippen LogP contribution in [0.4, 0.5) is 5.82 Å². The number of aryl methyl sites for hydroxylation is 2. The van der Waals surface area contributed by atoms with E-state index in [0.29, 0.717) is 43.1 Å². The maximum Gasteiger partial charge on any atom is 0.337 e. The van der Waals surface area contributed by atoms with Crippen molar-refractivity contribution in [1.29, 1.82) is 0 Å². The van der Waals surface area contributed by atoms with Crippen molar-refractivity contribution in [1.82, 2.24) is 20.3 Å². The second-order valence-electron chi connectivity index (χ2n) is 7.40. The van der Waals surface area contributed by atoms with Crippen LogP contribution < -0.4 is 10.2 Å². The zero-order chi connectivity index (χ0) is 21.8. The molecule has 1 aliphatic rings. The Kier molecular flexibility index (Phi) is 7.04. The molecule has 30 heavy (non-hydrogen) atoms. The van der Waals surface area contributed by atoms with Crippen LogP contribution in [-0.4, -0.2) is 64.3 Å². The summed E-state index contributed by atoms with van der Waals surface area (Å²) >= 11 is 6.04. The lowest BCUT2D eigenvalue weighted by atomic mass is 10.0. The van der Waals surface area contributed by atoms with Crippen LogP contribution in [-0.2, 0) is 17.6 Å². The number of hydrogen-bond acceptors (Lipinski definition) is 5. The SMILES string of the molecule is CCCc1[nH]c(N2CCC(NC(=O)c3nc(Cl)c(CC)[nH]3)C(OC)C2)cc1C(=O)O. The molecule has 4 N–H and O–H groups in total. The molecule has 3 rings (SSSR count). The van der Waals surface area contributed by atoms with E-state index in [-0.39, 0.29) is 23.9 Å². The van der Waals surface area contributed by atoms with Crippen molar-refractivity contribution in [2.75, 3.05) is 25.1 Å². The number of rotatable bonds is 8. The van der Waals surface area contributed by atoms with Crippen LogP contribution in [0.5, 0.6) is 0 Å². The van der Waals surface area contributed by atoms with Gasteiger partial charge in [0.1, 0.15) is 5.82 Å². The molecule has 2 aromatic heterocycles. The van der Waals surface area contributed by atoms with Gasteiger partial charge in [-0.2, -0.15) is 0 Å². The minimum atomic E-state index is -0.935. The first-order chi connectivity index (χ1) is 14.4. The van der Waals surface area contributed by atoms with E-state index >= 15 is 0 Å². The molecule has 164 valence electrons. The number of amides is 1. The van der Waals surface area contributed by atoms with Crippen molar-refractivity contribution in [3.8, 4) is 0 Å². The Bertz CT molecular complexity index is 909. The summed E-state index contributed by atoms with van der Waals surface area (Å²) in [5, 5.41) is 12.8. The molecule has 1 fully saturated rings. The number of methoxy groups -OCH3 is 1. The topological polar surface area (TPSA) is 123 Å². The van der Waals surface area contributed by atoms with Crippen molar-refractivity contribution in [2.24, 2.45) is 0 Å². The van der Waals surface area contributed by atoms with Crippen molar-refractivity contribution >= 4 is 29.3 Å². The van der Waals surface area contributed by atoms with E-state index in [2.05, 4.69) is 25.2 Å². The number of aromatic carboxylic acids is 1. The summed E-state index contributed by atoms with van der Waals surface area (Å²) in [6.07, 6.45) is 2.57. The largest absolute Gasteiger partial charge is 0.478 e. The smallest absolute Gasteiger partial charge is 0.337 e. The van der Waals surface area contributed by atoms with E-state index < -0.39 is 5.97 Å². The molecule has 1 amide bonds. The molecule has 0 aliphatic carbocycles. The van der Waals surface area contributed by atoms with Gasteiger partial charge in [-0.3, -0.25) is 4.79 Å². The van der Waals surface area contributed by atoms with Gasteiger partial charge in [0.25, 0.3) is 5.91 Å². The average molecular weight is 438 g/mol. The van der Waals surface area contributed by atoms with E-state index in [4.69, 9.17) is 16.3 Å². The normalized spacial score (nSPS) is 19.1. The number of hydrogen-bond donors (Lipinski definition) is 4. The van der Waals surface area contributed by atoms with Crippen LogP contribution in [0.1, 0.15) is 59.1 Å². The lowest BCUT2D eigenvalue weighted by Gasteiger charge is -2.38. The molecule has 10 heteroatoms. The number of ether oxygens (including phenoxy) is 1. The molecular formula is C20H28ClN5O4. The Morgan fingerprint density at radius 1 is 1.37 bits per heavy atom. The van der Waals surface area contributed by atoms with Crippen LogP contribution in [0.3, 0.4) is 0 Å². The van der Waals surface area contributed by atoms with Crippen LogP contribution in [0, 0.1) is 0 Å². The molecule has 0 radical (unpaired) electrons. The summed E-state index contributed by atoms with van der Waals surface area (Å²) in [4.78, 5) is 36.5. The summed E-state index contributed by atoms with van der Waals surface area (Å²) in [6.45, 7) is 5.11. The quantitative estimate of drug-likeness (QED) is 0.503. The minimum Gasteiger partial charge on any atom is -0.478 e. The Hall–Kier alpha value is -2.52. The van der Waals surface area contributed by atoms with E-state index in [1.807, 2.05) is 13.8 Å². The zero-order valence-corrected chi connectivity index (χ0v) is 18.2. The van der Waals surface area contributed by atoms with E-state index in [0.717, 1.165) is 23.6 Å². The molecule has 1 saturated heterocycles. The lowest BCUT2D eigenvalue weighted by molar-refractivity contribution is 0.0537. The number of carbonyl (C=O) groups is 2. The van der Waals surface area contributed by atoms with Crippen LogP contribution >= 0.6 is 11.6 Å². The number of halogens is 1. The van der Waals surface area contributed by atoms with E-state index in [1.54, 1.807) is 13.2 Å². The van der Waals surface area contributed by atoms with Crippen molar-refractivity contribution in [2.45, 2.75) is 51.7 Å². The molecule has 2 atom stereocenters. The van der Waals surface area contributed by atoms with Gasteiger partial charge in [-0.05, 0) is 25.3 Å². The maximum atomic E-state index is 12.6. The zero-order valence-electron chi connectivity index (χ0n) is 17.4. The predicted molar refractivity (Wildman–Crippen MR) is 114 cm³/mol. The highest BCUT2D eigenvalue weighted by molar-refractivity contribution is 6.30. The Balaban J connectivity index is 1.69. The third-order valence-electron chi connectivity index (χ3n) is 5.43. The maximum absolute atomic E-state index is 12.6. The second kappa shape index (κ2) is 9.53. The monoisotopic (exact) mass is 437 g/mol. The number of aromatic nitrogens is 3. The van der Waals surface area contributed by atoms with Crippen LogP contribution in [0.15, 0.2) is 6.07 Å². The molecule has 0 saturated carbocycles. The number of nitrogens with one attached hydrogen (secondary N) is 3. The summed E-state index contributed by atoms with van der Waals surface area (Å²) in [5.74, 6) is -0.313. The number of nitrogens with zero attached hydrogens (tertiary/aromatic N) is 2. The summed E-state index contributed by atoms with van der Waals surface area (Å²) in [7, 11) is 1.60. The molecule has 0 aromatic carbocycles. The van der Waals surface area contributed by atoms with Gasteiger partial charge in [0.05, 0.1) is 23.4 Å². The fourth-order valence-corrected chi connectivity index (χ4v) is 4.06. The molecule has 0 spiro atoms. The number of carboxylic acid groups (broad SMARTS) is 1. The number of anilines is 1. The Morgan fingerprint density at radius 2 is 2.13 bits per heavy atom. The number of imidazole rings is 1. The minimum absolute atomic E-state index is 0.189. The molecule has 0 bridgehead atoms. The molecule has 2 unspecified atom stereocenters. The van der Waals surface area contributed by atoms with Gasteiger partial charge in [-0.15, -0.1) is 0 Å². The highest BCUT2D eigenvalue weighted by Crippen LogP contribution is 2.25. The van der Waals surface area contributed by atoms with Gasteiger partial charge in [-0.1, -0.05) is 31.9 Å². The van der Waals surface area contributed by atoms with Crippen molar-refractivity contribution in [3.63, 3.8) is 0 Å². The number of carboxylic acids is 1. The number of piperidine rings is 1. The molecule has 3 heterocycles. The van der Waals surface area contributed by atoms with Crippen molar-refractivity contribution < 1.29 is 19.4 Å². The standard InChI is InChI=1S/C20H28ClN5O4/c1-4-6-13-11(20(28)29)9-16(22-13)26-8-7-14(15(10-26)30-3)24-19(27)18-23-12(5-2)17(21)25-18/h9,14-15,22H,4-8,10H2,1-3H3,(H,23,25)(H,24,27)(H,28,29). The van der Waals surface area contributed by atoms with Crippen molar-refractivity contribution in [3.05, 3.63) is 34.0 Å². The van der Waals surface area contributed by atoms with Gasteiger partial charge in [0, 0.05) is 25.9 Å². The molecular weight excluding hydrogens is 410 g/mol. The van der Waals surface area contributed by atoms with Crippen LogP contribution in [0.25, 0.3) is 0 Å². The lowest BCUT2D eigenvalue weighted by Crippen LogP contribution is -2.55. The first-order valence-electron chi connectivity index (χ1n) is 10.2. The summed E-state index contributed by atoms with van der Waals surface area (Å²) < 4.78 is 5.63. The predicted octanol–water partition coefficient (Wildman–Crippen LogP) is 2.63. The second-order valence-corrected chi connectivity index (χ2v) is 7.76. The van der Waals surface area contributed by atoms with Gasteiger partial charge in [-0.25, -0.2) is 9.78 Å². The first kappa shape index (κ1) is 22.2. The van der Waals surface area contributed by atoms with Gasteiger partial charge in [0.2, 0.25) is 0 Å². The molecule has 9 nitrogen and oxygen atoms in total. The highest BCUT2D eigenvalue weighted by Gasteiger charge is 2.32. The number of aromatic amines is 2. The van der Waals surface area contributed by atoms with Gasteiger partial charge < -0.3 is 30.0 Å². The van der Waals surface area contributed by atoms with Gasteiger partial charge in [0.15, 0.2) is 11.0 Å². The number of H-pyrrole nitrogens is 2. The fraction of sp³-hybridized carbons (Fsp3) is 0.550. The number of carbonyl (C=O) groups excluding carboxylic acids is 1.